The molecule has 2 aliphatic heterocycles. The van der Waals surface area contributed by atoms with Crippen LogP contribution in [0.5, 0.6) is 0 Å². The summed E-state index contributed by atoms with van der Waals surface area (Å²) in [5.41, 5.74) is 0.967. The van der Waals surface area contributed by atoms with Gasteiger partial charge >= 0.3 is 21.7 Å². The number of halogens is 4. The third-order valence-corrected chi connectivity index (χ3v) is 7.14. The van der Waals surface area contributed by atoms with Crippen LogP contribution in [-0.2, 0) is 31.2 Å². The van der Waals surface area contributed by atoms with Gasteiger partial charge in [-0.2, -0.15) is 12.2 Å². The molecule has 0 atom stereocenters. The molecule has 2 aliphatic carbocycles. The number of nitrogens with zero attached hydrogens (tertiary/aromatic N) is 2. The number of anilines is 2. The molecule has 0 N–H and O–H groups in total. The molecule has 4 nitrogen and oxygen atoms in total. The summed E-state index contributed by atoms with van der Waals surface area (Å²) in [4.78, 5) is 3.76. The normalized spacial score (nSPS) is 17.5. The van der Waals surface area contributed by atoms with Crippen LogP contribution in [0.4, 0.5) is 28.9 Å². The Morgan fingerprint density at radius 2 is 1.04 bits per heavy atom. The maximum atomic E-state index is 13.5. The standard InChI is InChI=1S/2C13H16F2NO.2C5H5.Ti/c2*1-3-17-9-13(2)7-16(8-13)12-5-4-10(14)6-11(12)15;2*1-2-4-5-3-1;/h2*4-5H,3,7-9H2,1-2H3;2*1-3H,4H2;/q4*-1;+4. The molecule has 2 aromatic rings. The second-order valence-corrected chi connectivity index (χ2v) is 11.6. The Bertz CT molecular complexity index is 1180. The van der Waals surface area contributed by atoms with Crippen molar-refractivity contribution in [2.75, 3.05) is 62.4 Å². The van der Waals surface area contributed by atoms with Gasteiger partial charge in [0.05, 0.1) is 13.2 Å². The van der Waals surface area contributed by atoms with Crippen LogP contribution >= 0.6 is 0 Å². The van der Waals surface area contributed by atoms with Crippen molar-refractivity contribution in [1.29, 1.82) is 0 Å². The molecule has 2 saturated heterocycles. The molecule has 0 amide bonds. The van der Waals surface area contributed by atoms with Gasteiger partial charge in [0.25, 0.3) is 0 Å². The zero-order chi connectivity index (χ0) is 32.0. The van der Waals surface area contributed by atoms with E-state index in [0.29, 0.717) is 37.8 Å². The van der Waals surface area contributed by atoms with Crippen molar-refractivity contribution in [3.8, 4) is 0 Å². The predicted octanol–water partition coefficient (Wildman–Crippen LogP) is 7.86. The van der Waals surface area contributed by atoms with E-state index in [1.807, 2.05) is 48.0 Å². The maximum absolute atomic E-state index is 13.5. The summed E-state index contributed by atoms with van der Waals surface area (Å²) >= 11 is 0. The fourth-order valence-corrected chi connectivity index (χ4v) is 5.01. The molecule has 2 fully saturated rings. The summed E-state index contributed by atoms with van der Waals surface area (Å²) in [5, 5.41) is 0. The minimum absolute atomic E-state index is 0. The minimum atomic E-state index is -0.663. The van der Waals surface area contributed by atoms with Gasteiger partial charge in [0.15, 0.2) is 0 Å². The molecule has 45 heavy (non-hydrogen) atoms. The molecule has 2 aromatic carbocycles. The molecule has 0 unspecified atom stereocenters. The Morgan fingerprint density at radius 1 is 0.667 bits per heavy atom. The van der Waals surface area contributed by atoms with Crippen LogP contribution in [0.3, 0.4) is 0 Å². The molecule has 6 rings (SSSR count). The molecule has 4 aliphatic rings. The molecule has 9 heteroatoms. The summed E-state index contributed by atoms with van der Waals surface area (Å²) in [6.45, 7) is 13.7. The Hall–Kier alpha value is -2.65. The summed E-state index contributed by atoms with van der Waals surface area (Å²) in [5.74, 6) is -2.57. The number of ether oxygens (including phenoxy) is 2. The molecule has 0 bridgehead atoms. The topological polar surface area (TPSA) is 24.9 Å². The summed E-state index contributed by atoms with van der Waals surface area (Å²) < 4.78 is 63.1. The number of benzene rings is 2. The van der Waals surface area contributed by atoms with Crippen LogP contribution in [0.1, 0.15) is 40.5 Å². The van der Waals surface area contributed by atoms with Gasteiger partial charge in [-0.1, -0.05) is 13.8 Å². The van der Waals surface area contributed by atoms with Gasteiger partial charge in [0.2, 0.25) is 0 Å². The van der Waals surface area contributed by atoms with Crippen LogP contribution in [0.25, 0.3) is 0 Å². The third-order valence-electron chi connectivity index (χ3n) is 7.14. The molecule has 240 valence electrons. The number of rotatable bonds is 8. The second-order valence-electron chi connectivity index (χ2n) is 11.6. The number of hydrogen-bond donors (Lipinski definition) is 0. The summed E-state index contributed by atoms with van der Waals surface area (Å²) in [6, 6.07) is 9.49. The van der Waals surface area contributed by atoms with Crippen molar-refractivity contribution in [3.05, 3.63) is 108 Å². The quantitative estimate of drug-likeness (QED) is 0.164. The third kappa shape index (κ3) is 12.6. The van der Waals surface area contributed by atoms with Crippen molar-refractivity contribution in [3.63, 3.8) is 0 Å². The van der Waals surface area contributed by atoms with E-state index < -0.39 is 23.3 Å². The fraction of sp³-hybridized carbons (Fsp3) is 0.444. The van der Waals surface area contributed by atoms with E-state index in [2.05, 4.69) is 50.3 Å². The van der Waals surface area contributed by atoms with Crippen LogP contribution in [-0.4, -0.2) is 52.6 Å². The molecular formula is C36H42F4N2O2Ti. The monoisotopic (exact) mass is 658 g/mol. The number of hydrogen-bond acceptors (Lipinski definition) is 4. The average Bonchev–Trinajstić information content (AvgIpc) is 3.73. The Morgan fingerprint density at radius 3 is 1.29 bits per heavy atom. The van der Waals surface area contributed by atoms with Crippen LogP contribution in [0.2, 0.25) is 0 Å². The maximum Gasteiger partial charge on any atom is 4.00 e. The first kappa shape index (κ1) is 38.5. The van der Waals surface area contributed by atoms with E-state index in [0.717, 1.165) is 39.0 Å². The van der Waals surface area contributed by atoms with Gasteiger partial charge < -0.3 is 19.3 Å². The van der Waals surface area contributed by atoms with Crippen molar-refractivity contribution in [1.82, 2.24) is 0 Å². The van der Waals surface area contributed by atoms with Gasteiger partial charge in [0, 0.05) is 73.5 Å². The Kier molecular flexibility index (Phi) is 16.4. The largest absolute Gasteiger partial charge is 4.00 e. The van der Waals surface area contributed by atoms with E-state index in [4.69, 9.17) is 9.47 Å². The minimum Gasteiger partial charge on any atom is -0.420 e. The van der Waals surface area contributed by atoms with Gasteiger partial charge in [-0.15, -0.1) is 49.2 Å². The first-order valence-electron chi connectivity index (χ1n) is 14.9. The average molecular weight is 659 g/mol. The molecular weight excluding hydrogens is 616 g/mol. The molecule has 0 radical (unpaired) electrons. The molecule has 0 aromatic heterocycles. The van der Waals surface area contributed by atoms with Gasteiger partial charge in [-0.3, -0.25) is 12.2 Å². The fourth-order valence-electron chi connectivity index (χ4n) is 5.01. The summed E-state index contributed by atoms with van der Waals surface area (Å²) in [6.07, 6.45) is 20.0. The predicted molar refractivity (Wildman–Crippen MR) is 167 cm³/mol. The van der Waals surface area contributed by atoms with Crippen LogP contribution in [0, 0.1) is 58.4 Å². The SMILES string of the molecule is CCOCC1(C)CN(c2ccc(F)[c-]c2F)C1.CCOCC1(C)CN(c2ccc(F)[c-]c2F)C1.[C-]1=CC=CC1.[C-]1=CC=CC1.[Ti+4]. The van der Waals surface area contributed by atoms with E-state index in [1.54, 1.807) is 0 Å². The van der Waals surface area contributed by atoms with E-state index >= 15 is 0 Å². The van der Waals surface area contributed by atoms with Crippen molar-refractivity contribution < 1.29 is 48.8 Å². The smallest absolute Gasteiger partial charge is 0.420 e. The van der Waals surface area contributed by atoms with Crippen LogP contribution in [0.15, 0.2) is 60.7 Å². The van der Waals surface area contributed by atoms with Gasteiger partial charge in [-0.25, -0.2) is 41.9 Å². The second kappa shape index (κ2) is 19.1. The van der Waals surface area contributed by atoms with Crippen molar-refractivity contribution in [2.24, 2.45) is 10.8 Å². The van der Waals surface area contributed by atoms with E-state index in [1.165, 1.54) is 24.3 Å². The van der Waals surface area contributed by atoms with E-state index in [9.17, 15) is 17.6 Å². The zero-order valence-corrected chi connectivity index (χ0v) is 28.1. The van der Waals surface area contributed by atoms with Crippen LogP contribution < -0.4 is 9.80 Å². The van der Waals surface area contributed by atoms with Crippen molar-refractivity contribution in [2.45, 2.75) is 40.5 Å². The van der Waals surface area contributed by atoms with Crippen molar-refractivity contribution >= 4 is 11.4 Å². The molecule has 0 spiro atoms. The first-order valence-corrected chi connectivity index (χ1v) is 14.9. The Labute approximate surface area is 281 Å². The number of allylic oxidation sites excluding steroid dienone is 8. The first-order chi connectivity index (χ1) is 21.1. The van der Waals surface area contributed by atoms with Gasteiger partial charge in [-0.05, 0) is 25.2 Å². The molecule has 0 saturated carbocycles. The summed E-state index contributed by atoms with van der Waals surface area (Å²) in [7, 11) is 0. The molecule has 2 heterocycles. The van der Waals surface area contributed by atoms with E-state index in [-0.39, 0.29) is 32.5 Å². The van der Waals surface area contributed by atoms with Gasteiger partial charge in [0.1, 0.15) is 0 Å². The Balaban J connectivity index is 0.000000235. The zero-order valence-electron chi connectivity index (χ0n) is 26.6.